The summed E-state index contributed by atoms with van der Waals surface area (Å²) in [7, 11) is 1.51. The third-order valence-electron chi connectivity index (χ3n) is 5.92. The van der Waals surface area contributed by atoms with E-state index in [4.69, 9.17) is 25.1 Å². The summed E-state index contributed by atoms with van der Waals surface area (Å²) in [6.45, 7) is 1.89. The Morgan fingerprint density at radius 2 is 2.14 bits per heavy atom. The van der Waals surface area contributed by atoms with Crippen molar-refractivity contribution in [3.8, 4) is 0 Å². The molecule has 10 heteroatoms. The van der Waals surface area contributed by atoms with Crippen molar-refractivity contribution < 1.29 is 33.7 Å². The predicted octanol–water partition coefficient (Wildman–Crippen LogP) is -1.21. The SMILES string of the molecule is CO[C@@]12C(COC(N)=O)C3=C(C(=O)C(C)=C(OCCCO)C3=O)N1CC1NC12. The summed E-state index contributed by atoms with van der Waals surface area (Å²) in [5.74, 6) is -1.45. The Hall–Kier alpha value is -2.43. The zero-order valence-electron chi connectivity index (χ0n) is 15.7. The molecule has 0 aromatic carbocycles. The van der Waals surface area contributed by atoms with E-state index in [1.807, 2.05) is 4.90 Å². The zero-order valence-corrected chi connectivity index (χ0v) is 15.7. The number of ketones is 2. The van der Waals surface area contributed by atoms with Crippen LogP contribution in [0.4, 0.5) is 4.79 Å². The average molecular weight is 393 g/mol. The number of aliphatic hydroxyl groups is 1. The average Bonchev–Trinajstić information content (AvgIpc) is 3.27. The van der Waals surface area contributed by atoms with E-state index in [2.05, 4.69) is 5.32 Å². The number of Topliss-reactive ketones (excluding diaryl/α,β-unsaturated/α-hetero) is 2. The fourth-order valence-corrected chi connectivity index (χ4v) is 4.68. The minimum Gasteiger partial charge on any atom is -0.489 e. The van der Waals surface area contributed by atoms with Gasteiger partial charge in [-0.2, -0.15) is 0 Å². The molecule has 0 spiro atoms. The van der Waals surface area contributed by atoms with E-state index in [1.165, 1.54) is 7.11 Å². The number of carbonyl (C=O) groups is 3. The van der Waals surface area contributed by atoms with Gasteiger partial charge in [-0.05, 0) is 6.92 Å². The maximum atomic E-state index is 13.3. The Labute approximate surface area is 161 Å². The van der Waals surface area contributed by atoms with E-state index in [9.17, 15) is 14.4 Å². The minimum atomic E-state index is -1.00. The predicted molar refractivity (Wildman–Crippen MR) is 93.6 cm³/mol. The van der Waals surface area contributed by atoms with E-state index in [0.29, 0.717) is 13.0 Å². The number of methoxy groups -OCH3 is 1. The number of rotatable bonds is 7. The number of nitrogens with zero attached hydrogens (tertiary/aromatic N) is 1. The van der Waals surface area contributed by atoms with Gasteiger partial charge in [-0.15, -0.1) is 0 Å². The van der Waals surface area contributed by atoms with Crippen molar-refractivity contribution in [1.29, 1.82) is 0 Å². The van der Waals surface area contributed by atoms with Crippen LogP contribution in [0.25, 0.3) is 0 Å². The molecule has 3 heterocycles. The second-order valence-electron chi connectivity index (χ2n) is 7.30. The van der Waals surface area contributed by atoms with Gasteiger partial charge in [-0.1, -0.05) is 0 Å². The number of nitrogens with one attached hydrogen (secondary N) is 1. The van der Waals surface area contributed by atoms with Gasteiger partial charge in [-0.3, -0.25) is 9.59 Å². The number of carbonyl (C=O) groups excluding carboxylic acids is 3. The summed E-state index contributed by atoms with van der Waals surface area (Å²) in [5, 5.41) is 12.2. The molecule has 1 aliphatic carbocycles. The molecule has 152 valence electrons. The summed E-state index contributed by atoms with van der Waals surface area (Å²) in [6.07, 6.45) is -0.633. The van der Waals surface area contributed by atoms with E-state index in [-0.39, 0.29) is 60.3 Å². The van der Waals surface area contributed by atoms with E-state index >= 15 is 0 Å². The number of aliphatic hydroxyl groups excluding tert-OH is 1. The summed E-state index contributed by atoms with van der Waals surface area (Å²) in [5.41, 5.74) is 4.87. The monoisotopic (exact) mass is 393 g/mol. The molecular formula is C18H23N3O7. The van der Waals surface area contributed by atoms with Crippen LogP contribution in [0.5, 0.6) is 0 Å². The van der Waals surface area contributed by atoms with Gasteiger partial charge in [0.15, 0.2) is 11.5 Å². The largest absolute Gasteiger partial charge is 0.489 e. The maximum Gasteiger partial charge on any atom is 0.404 e. The molecule has 28 heavy (non-hydrogen) atoms. The van der Waals surface area contributed by atoms with Crippen LogP contribution < -0.4 is 11.1 Å². The lowest BCUT2D eigenvalue weighted by Gasteiger charge is -2.39. The molecule has 1 amide bonds. The minimum absolute atomic E-state index is 0.0333. The van der Waals surface area contributed by atoms with Crippen molar-refractivity contribution in [1.82, 2.24) is 10.2 Å². The van der Waals surface area contributed by atoms with Crippen LogP contribution in [0, 0.1) is 5.92 Å². The number of piperazine rings is 1. The highest BCUT2D eigenvalue weighted by Crippen LogP contribution is 2.55. The third-order valence-corrected chi connectivity index (χ3v) is 5.92. The second kappa shape index (κ2) is 6.57. The topological polar surface area (TPSA) is 150 Å². The highest BCUT2D eigenvalue weighted by Gasteiger charge is 2.72. The summed E-state index contributed by atoms with van der Waals surface area (Å²) < 4.78 is 16.4. The molecular weight excluding hydrogens is 370 g/mol. The Balaban J connectivity index is 1.74. The maximum absolute atomic E-state index is 13.3. The third kappa shape index (κ3) is 2.41. The second-order valence-corrected chi connectivity index (χ2v) is 7.30. The summed E-state index contributed by atoms with van der Waals surface area (Å²) >= 11 is 0. The van der Waals surface area contributed by atoms with Crippen LogP contribution in [0.3, 0.4) is 0 Å². The molecule has 2 fully saturated rings. The van der Waals surface area contributed by atoms with Gasteiger partial charge in [0.25, 0.3) is 0 Å². The quantitative estimate of drug-likeness (QED) is 0.275. The van der Waals surface area contributed by atoms with E-state index in [0.717, 1.165) is 0 Å². The highest BCUT2D eigenvalue weighted by molar-refractivity contribution is 6.25. The fraction of sp³-hybridized carbons (Fsp3) is 0.611. The van der Waals surface area contributed by atoms with Gasteiger partial charge in [0.1, 0.15) is 6.61 Å². The Kier molecular flexibility index (Phi) is 4.44. The van der Waals surface area contributed by atoms with E-state index in [1.54, 1.807) is 6.92 Å². The Bertz CT molecular complexity index is 820. The molecule has 4 atom stereocenters. The molecule has 4 N–H and O–H groups in total. The van der Waals surface area contributed by atoms with Crippen LogP contribution in [0.15, 0.2) is 22.6 Å². The molecule has 0 aromatic heterocycles. The number of primary amides is 1. The molecule has 0 aromatic rings. The molecule has 0 radical (unpaired) electrons. The van der Waals surface area contributed by atoms with Gasteiger partial charge < -0.3 is 35.3 Å². The zero-order chi connectivity index (χ0) is 20.2. The molecule has 3 aliphatic heterocycles. The smallest absolute Gasteiger partial charge is 0.404 e. The van der Waals surface area contributed by atoms with Gasteiger partial charge in [0.05, 0.1) is 24.3 Å². The standard InChI is InChI=1S/C18H23N3O7/c1-8-13(23)12-11(14(24)15(8)27-5-3-4-22)9(7-28-17(19)25)18(26-2)16-10(20-16)6-21(12)18/h9-10,16,20,22H,3-7H2,1-2H3,(H2,19,25)/t9?,10?,16?,18-/m1/s1. The Morgan fingerprint density at radius 1 is 1.39 bits per heavy atom. The van der Waals surface area contributed by atoms with Crippen LogP contribution in [0.1, 0.15) is 13.3 Å². The number of amides is 1. The number of hydrogen-bond donors (Lipinski definition) is 3. The fourth-order valence-electron chi connectivity index (χ4n) is 4.68. The van der Waals surface area contributed by atoms with Crippen LogP contribution in [0.2, 0.25) is 0 Å². The van der Waals surface area contributed by atoms with Gasteiger partial charge in [0.2, 0.25) is 11.6 Å². The normalized spacial score (nSPS) is 33.1. The summed E-state index contributed by atoms with van der Waals surface area (Å²) in [4.78, 5) is 39.5. The number of fused-ring (bicyclic) bond motifs is 4. The molecule has 2 saturated heterocycles. The first-order valence-electron chi connectivity index (χ1n) is 9.17. The number of ether oxygens (including phenoxy) is 3. The molecule has 4 aliphatic rings. The van der Waals surface area contributed by atoms with Crippen molar-refractivity contribution in [2.24, 2.45) is 11.7 Å². The molecule has 4 rings (SSSR count). The van der Waals surface area contributed by atoms with Crippen molar-refractivity contribution in [3.63, 3.8) is 0 Å². The molecule has 0 bridgehead atoms. The van der Waals surface area contributed by atoms with Crippen LogP contribution in [-0.4, -0.2) is 79.0 Å². The first-order chi connectivity index (χ1) is 13.4. The first kappa shape index (κ1) is 18.9. The number of allylic oxidation sites excluding steroid dienone is 2. The first-order valence-corrected chi connectivity index (χ1v) is 9.17. The lowest BCUT2D eigenvalue weighted by atomic mass is 9.83. The Morgan fingerprint density at radius 3 is 2.79 bits per heavy atom. The van der Waals surface area contributed by atoms with Crippen molar-refractivity contribution >= 4 is 17.7 Å². The van der Waals surface area contributed by atoms with E-state index < -0.39 is 23.5 Å². The van der Waals surface area contributed by atoms with Gasteiger partial charge in [0, 0.05) is 43.9 Å². The lowest BCUT2D eigenvalue weighted by molar-refractivity contribution is -0.137. The van der Waals surface area contributed by atoms with Crippen molar-refractivity contribution in [3.05, 3.63) is 22.6 Å². The van der Waals surface area contributed by atoms with Crippen molar-refractivity contribution in [2.45, 2.75) is 31.2 Å². The van der Waals surface area contributed by atoms with Crippen molar-refractivity contribution in [2.75, 3.05) is 33.5 Å². The molecule has 3 unspecified atom stereocenters. The highest BCUT2D eigenvalue weighted by atomic mass is 16.6. The molecule has 10 nitrogen and oxygen atoms in total. The number of hydrogen-bond acceptors (Lipinski definition) is 9. The molecule has 0 saturated carbocycles. The van der Waals surface area contributed by atoms with Gasteiger partial charge in [-0.25, -0.2) is 4.79 Å². The number of nitrogens with two attached hydrogens (primary N) is 1. The lowest BCUT2D eigenvalue weighted by Crippen LogP contribution is -2.55. The summed E-state index contributed by atoms with van der Waals surface area (Å²) in [6, 6.07) is 0.0451. The van der Waals surface area contributed by atoms with Crippen LogP contribution >= 0.6 is 0 Å². The van der Waals surface area contributed by atoms with Crippen LogP contribution in [-0.2, 0) is 23.8 Å². The van der Waals surface area contributed by atoms with Gasteiger partial charge >= 0.3 is 6.09 Å².